The van der Waals surface area contributed by atoms with E-state index in [4.69, 9.17) is 9.47 Å². The van der Waals surface area contributed by atoms with E-state index in [-0.39, 0.29) is 12.5 Å². The third-order valence-electron chi connectivity index (χ3n) is 4.17. The maximum absolute atomic E-state index is 11.9. The first kappa shape index (κ1) is 21.6. The molecule has 3 aromatic rings. The molecule has 2 amide bonds. The molecular weight excluding hydrogens is 396 g/mol. The molecule has 0 heterocycles. The number of hydrogen-bond acceptors (Lipinski definition) is 5. The van der Waals surface area contributed by atoms with Gasteiger partial charge in [0.15, 0.2) is 13.2 Å². The Morgan fingerprint density at radius 2 is 1.29 bits per heavy atom. The molecule has 0 fully saturated rings. The fourth-order valence-electron chi connectivity index (χ4n) is 2.74. The van der Waals surface area contributed by atoms with Gasteiger partial charge in [0.25, 0.3) is 5.91 Å². The Kier molecular flexibility index (Phi) is 7.37. The molecule has 0 atom stereocenters. The zero-order chi connectivity index (χ0) is 22.1. The average molecular weight is 418 g/mol. The van der Waals surface area contributed by atoms with Crippen molar-refractivity contribution < 1.29 is 23.9 Å². The number of rotatable bonds is 8. The number of carbonyl (C=O) groups excluding carboxylic acids is 3. The van der Waals surface area contributed by atoms with Crippen molar-refractivity contribution in [3.8, 4) is 16.9 Å². The summed E-state index contributed by atoms with van der Waals surface area (Å²) in [7, 11) is 0. The van der Waals surface area contributed by atoms with Crippen molar-refractivity contribution in [2.24, 2.45) is 0 Å². The van der Waals surface area contributed by atoms with Gasteiger partial charge in [0, 0.05) is 18.3 Å². The molecule has 0 aliphatic heterocycles. The molecule has 0 saturated carbocycles. The predicted molar refractivity (Wildman–Crippen MR) is 118 cm³/mol. The van der Waals surface area contributed by atoms with Gasteiger partial charge in [-0.2, -0.15) is 0 Å². The van der Waals surface area contributed by atoms with Crippen LogP contribution in [0, 0.1) is 0 Å². The van der Waals surface area contributed by atoms with Crippen LogP contribution in [0.4, 0.5) is 11.4 Å². The first-order valence-corrected chi connectivity index (χ1v) is 9.61. The zero-order valence-electron chi connectivity index (χ0n) is 17.0. The molecule has 0 aliphatic carbocycles. The van der Waals surface area contributed by atoms with Gasteiger partial charge >= 0.3 is 5.97 Å². The van der Waals surface area contributed by atoms with Crippen LogP contribution in [0.3, 0.4) is 0 Å². The number of benzene rings is 3. The van der Waals surface area contributed by atoms with Crippen molar-refractivity contribution >= 4 is 29.2 Å². The minimum Gasteiger partial charge on any atom is -0.482 e. The SMILES string of the molecule is CC(=O)Nc1ccc(NC(=O)COC(=O)COc2ccc(-c3ccccc3)cc2)cc1. The Morgan fingerprint density at radius 3 is 1.90 bits per heavy atom. The van der Waals surface area contributed by atoms with Gasteiger partial charge in [0.05, 0.1) is 0 Å². The number of esters is 1. The summed E-state index contributed by atoms with van der Waals surface area (Å²) >= 11 is 0. The fourth-order valence-corrected chi connectivity index (χ4v) is 2.74. The van der Waals surface area contributed by atoms with E-state index in [0.29, 0.717) is 17.1 Å². The number of nitrogens with one attached hydrogen (secondary N) is 2. The molecular formula is C24H22N2O5. The van der Waals surface area contributed by atoms with E-state index < -0.39 is 18.5 Å². The van der Waals surface area contributed by atoms with Gasteiger partial charge in [-0.05, 0) is 47.5 Å². The summed E-state index contributed by atoms with van der Waals surface area (Å²) in [5.41, 5.74) is 3.26. The van der Waals surface area contributed by atoms with Crippen LogP contribution in [-0.2, 0) is 19.1 Å². The predicted octanol–water partition coefficient (Wildman–Crippen LogP) is 3.87. The van der Waals surface area contributed by atoms with E-state index in [2.05, 4.69) is 10.6 Å². The molecule has 0 saturated heterocycles. The molecule has 2 N–H and O–H groups in total. The Labute approximate surface area is 180 Å². The van der Waals surface area contributed by atoms with Crippen LogP contribution in [0.25, 0.3) is 11.1 Å². The third kappa shape index (κ3) is 7.01. The summed E-state index contributed by atoms with van der Waals surface area (Å²) < 4.78 is 10.3. The molecule has 3 aromatic carbocycles. The lowest BCUT2D eigenvalue weighted by molar-refractivity contribution is -0.149. The summed E-state index contributed by atoms with van der Waals surface area (Å²) in [6, 6.07) is 23.8. The van der Waals surface area contributed by atoms with Crippen LogP contribution in [-0.4, -0.2) is 31.0 Å². The summed E-state index contributed by atoms with van der Waals surface area (Å²) in [6.45, 7) is 0.680. The van der Waals surface area contributed by atoms with E-state index in [1.165, 1.54) is 6.92 Å². The van der Waals surface area contributed by atoms with E-state index >= 15 is 0 Å². The lowest BCUT2D eigenvalue weighted by Gasteiger charge is -2.09. The molecule has 31 heavy (non-hydrogen) atoms. The Morgan fingerprint density at radius 1 is 0.710 bits per heavy atom. The maximum atomic E-state index is 11.9. The second-order valence-electron chi connectivity index (χ2n) is 6.65. The van der Waals surface area contributed by atoms with E-state index in [1.54, 1.807) is 36.4 Å². The monoisotopic (exact) mass is 418 g/mol. The van der Waals surface area contributed by atoms with Gasteiger partial charge in [0.2, 0.25) is 5.91 Å². The largest absolute Gasteiger partial charge is 0.482 e. The van der Waals surface area contributed by atoms with Crippen molar-refractivity contribution in [2.75, 3.05) is 23.8 Å². The Balaban J connectivity index is 1.39. The van der Waals surface area contributed by atoms with E-state index in [0.717, 1.165) is 11.1 Å². The van der Waals surface area contributed by atoms with Gasteiger partial charge in [-0.3, -0.25) is 9.59 Å². The van der Waals surface area contributed by atoms with Crippen LogP contribution >= 0.6 is 0 Å². The minimum absolute atomic E-state index is 0.182. The van der Waals surface area contributed by atoms with Crippen molar-refractivity contribution in [3.63, 3.8) is 0 Å². The lowest BCUT2D eigenvalue weighted by Crippen LogP contribution is -2.23. The second-order valence-corrected chi connectivity index (χ2v) is 6.65. The summed E-state index contributed by atoms with van der Waals surface area (Å²) in [6.07, 6.45) is 0. The fraction of sp³-hybridized carbons (Fsp3) is 0.125. The molecule has 7 nitrogen and oxygen atoms in total. The van der Waals surface area contributed by atoms with Crippen LogP contribution < -0.4 is 15.4 Å². The summed E-state index contributed by atoms with van der Waals surface area (Å²) in [5, 5.41) is 5.23. The van der Waals surface area contributed by atoms with Gasteiger partial charge in [-0.25, -0.2) is 4.79 Å². The molecule has 3 rings (SSSR count). The molecule has 158 valence electrons. The van der Waals surface area contributed by atoms with Gasteiger partial charge < -0.3 is 20.1 Å². The summed E-state index contributed by atoms with van der Waals surface area (Å²) in [5.74, 6) is -0.783. The van der Waals surface area contributed by atoms with Crippen LogP contribution in [0.1, 0.15) is 6.92 Å². The standard InChI is InChI=1S/C24H22N2O5/c1-17(27)25-20-9-11-21(12-10-20)26-23(28)15-31-24(29)16-30-22-13-7-19(8-14-22)18-5-3-2-4-6-18/h2-14H,15-16H2,1H3,(H,25,27)(H,26,28). The zero-order valence-corrected chi connectivity index (χ0v) is 17.0. The van der Waals surface area contributed by atoms with Crippen LogP contribution in [0.2, 0.25) is 0 Å². The topological polar surface area (TPSA) is 93.7 Å². The highest BCUT2D eigenvalue weighted by atomic mass is 16.6. The first-order valence-electron chi connectivity index (χ1n) is 9.61. The molecule has 0 aliphatic rings. The van der Waals surface area contributed by atoms with Crippen LogP contribution in [0.15, 0.2) is 78.9 Å². The number of ether oxygens (including phenoxy) is 2. The highest BCUT2D eigenvalue weighted by Gasteiger charge is 2.09. The summed E-state index contributed by atoms with van der Waals surface area (Å²) in [4.78, 5) is 34.8. The molecule has 0 spiro atoms. The highest BCUT2D eigenvalue weighted by Crippen LogP contribution is 2.22. The number of carbonyl (C=O) groups is 3. The van der Waals surface area contributed by atoms with Gasteiger partial charge in [-0.15, -0.1) is 0 Å². The quantitative estimate of drug-likeness (QED) is 0.542. The number of hydrogen-bond donors (Lipinski definition) is 2. The molecule has 7 heteroatoms. The van der Waals surface area contributed by atoms with Gasteiger partial charge in [0.1, 0.15) is 5.75 Å². The van der Waals surface area contributed by atoms with E-state index in [9.17, 15) is 14.4 Å². The lowest BCUT2D eigenvalue weighted by atomic mass is 10.1. The Hall–Kier alpha value is -4.13. The number of amides is 2. The average Bonchev–Trinajstić information content (AvgIpc) is 2.78. The van der Waals surface area contributed by atoms with Gasteiger partial charge in [-0.1, -0.05) is 42.5 Å². The number of anilines is 2. The molecule has 0 radical (unpaired) electrons. The maximum Gasteiger partial charge on any atom is 0.344 e. The third-order valence-corrected chi connectivity index (χ3v) is 4.17. The van der Waals surface area contributed by atoms with E-state index in [1.807, 2.05) is 42.5 Å². The van der Waals surface area contributed by atoms with Crippen molar-refractivity contribution in [2.45, 2.75) is 6.92 Å². The van der Waals surface area contributed by atoms with Crippen molar-refractivity contribution in [1.29, 1.82) is 0 Å². The van der Waals surface area contributed by atoms with Crippen molar-refractivity contribution in [1.82, 2.24) is 0 Å². The normalized spacial score (nSPS) is 10.1. The minimum atomic E-state index is -0.650. The second kappa shape index (κ2) is 10.6. The van der Waals surface area contributed by atoms with Crippen molar-refractivity contribution in [3.05, 3.63) is 78.9 Å². The molecule has 0 aromatic heterocycles. The smallest absolute Gasteiger partial charge is 0.344 e. The molecule has 0 unspecified atom stereocenters. The highest BCUT2D eigenvalue weighted by molar-refractivity contribution is 5.93. The molecule has 0 bridgehead atoms. The first-order chi connectivity index (χ1) is 15.0. The Bertz CT molecular complexity index is 1030. The van der Waals surface area contributed by atoms with Crippen LogP contribution in [0.5, 0.6) is 5.75 Å².